The molecular formula is C14H24N2O2. The molecule has 1 heterocycles. The van der Waals surface area contributed by atoms with Crippen molar-refractivity contribution in [3.8, 4) is 0 Å². The molecule has 2 amide bonds. The molecule has 2 fully saturated rings. The van der Waals surface area contributed by atoms with E-state index in [1.165, 1.54) is 0 Å². The smallest absolute Gasteiger partial charge is 0.248 e. The van der Waals surface area contributed by atoms with E-state index in [9.17, 15) is 9.59 Å². The summed E-state index contributed by atoms with van der Waals surface area (Å²) in [4.78, 5) is 25.9. The number of carbonyl (C=O) groups is 2. The van der Waals surface area contributed by atoms with Crippen LogP contribution in [0.1, 0.15) is 47.0 Å². The van der Waals surface area contributed by atoms with Crippen molar-refractivity contribution in [2.75, 3.05) is 6.54 Å². The number of rotatable bonds is 1. The van der Waals surface area contributed by atoms with Crippen LogP contribution in [0.15, 0.2) is 0 Å². The van der Waals surface area contributed by atoms with E-state index in [1.54, 1.807) is 18.7 Å². The highest BCUT2D eigenvalue weighted by Gasteiger charge is 2.43. The summed E-state index contributed by atoms with van der Waals surface area (Å²) in [5.74, 6) is 1.38. The van der Waals surface area contributed by atoms with Crippen molar-refractivity contribution >= 4 is 11.8 Å². The summed E-state index contributed by atoms with van der Waals surface area (Å²) in [5.41, 5.74) is -0.748. The van der Waals surface area contributed by atoms with Gasteiger partial charge in [0.2, 0.25) is 11.8 Å². The van der Waals surface area contributed by atoms with Crippen molar-refractivity contribution in [2.45, 2.75) is 58.5 Å². The lowest BCUT2D eigenvalue weighted by atomic mass is 9.78. The molecule has 2 aliphatic rings. The number of nitrogens with zero attached hydrogens (tertiary/aromatic N) is 1. The van der Waals surface area contributed by atoms with Crippen LogP contribution in [0.2, 0.25) is 0 Å². The molecule has 102 valence electrons. The monoisotopic (exact) mass is 252 g/mol. The fraction of sp³-hybridized carbons (Fsp3) is 0.857. The Bertz CT molecular complexity index is 365. The van der Waals surface area contributed by atoms with Gasteiger partial charge >= 0.3 is 0 Å². The number of nitrogens with one attached hydrogen (secondary N) is 1. The molecule has 1 aliphatic carbocycles. The molecule has 4 nitrogen and oxygen atoms in total. The zero-order valence-electron chi connectivity index (χ0n) is 11.8. The van der Waals surface area contributed by atoms with E-state index in [0.29, 0.717) is 5.92 Å². The average molecular weight is 252 g/mol. The molecule has 18 heavy (non-hydrogen) atoms. The molecule has 1 N–H and O–H groups in total. The quantitative estimate of drug-likeness (QED) is 0.769. The first-order chi connectivity index (χ1) is 8.31. The second-order valence-corrected chi connectivity index (χ2v) is 6.53. The van der Waals surface area contributed by atoms with E-state index in [-0.39, 0.29) is 24.4 Å². The summed E-state index contributed by atoms with van der Waals surface area (Å²) < 4.78 is 0. The van der Waals surface area contributed by atoms with Crippen molar-refractivity contribution in [3.63, 3.8) is 0 Å². The number of carbonyl (C=O) groups excluding carboxylic acids is 2. The SMILES string of the molecule is CC1CCC(N2CC(=O)NC(C)(C)C2=O)CC1C. The molecule has 0 bridgehead atoms. The van der Waals surface area contributed by atoms with Gasteiger partial charge in [-0.2, -0.15) is 0 Å². The van der Waals surface area contributed by atoms with Gasteiger partial charge in [0.1, 0.15) is 5.54 Å². The Labute approximate surface area is 109 Å². The Morgan fingerprint density at radius 1 is 1.17 bits per heavy atom. The summed E-state index contributed by atoms with van der Waals surface area (Å²) >= 11 is 0. The van der Waals surface area contributed by atoms with E-state index in [1.807, 2.05) is 0 Å². The minimum absolute atomic E-state index is 0.0362. The summed E-state index contributed by atoms with van der Waals surface area (Å²) in [6, 6.07) is 0.244. The van der Waals surface area contributed by atoms with Crippen molar-refractivity contribution < 1.29 is 9.59 Å². The molecule has 0 spiro atoms. The Morgan fingerprint density at radius 2 is 1.83 bits per heavy atom. The lowest BCUT2D eigenvalue weighted by Gasteiger charge is -2.45. The van der Waals surface area contributed by atoms with Gasteiger partial charge in [-0.15, -0.1) is 0 Å². The van der Waals surface area contributed by atoms with Gasteiger partial charge in [0.15, 0.2) is 0 Å². The standard InChI is InChI=1S/C14H24N2O2/c1-9-5-6-11(7-10(9)2)16-8-12(17)15-14(3,4)13(16)18/h9-11H,5-8H2,1-4H3,(H,15,17). The highest BCUT2D eigenvalue weighted by Crippen LogP contribution is 2.33. The fourth-order valence-electron chi connectivity index (χ4n) is 3.12. The van der Waals surface area contributed by atoms with Crippen LogP contribution in [-0.2, 0) is 9.59 Å². The first-order valence-electron chi connectivity index (χ1n) is 6.93. The Kier molecular flexibility index (Phi) is 3.39. The van der Waals surface area contributed by atoms with E-state index < -0.39 is 5.54 Å². The second-order valence-electron chi connectivity index (χ2n) is 6.53. The van der Waals surface area contributed by atoms with Crippen molar-refractivity contribution in [2.24, 2.45) is 11.8 Å². The molecule has 0 aromatic carbocycles. The van der Waals surface area contributed by atoms with Gasteiger partial charge < -0.3 is 10.2 Å². The number of amides is 2. The minimum Gasteiger partial charge on any atom is -0.341 e. The van der Waals surface area contributed by atoms with Crippen molar-refractivity contribution in [3.05, 3.63) is 0 Å². The van der Waals surface area contributed by atoms with Crippen LogP contribution in [-0.4, -0.2) is 34.8 Å². The normalized spacial score (nSPS) is 36.4. The van der Waals surface area contributed by atoms with Crippen LogP contribution in [0, 0.1) is 11.8 Å². The third-order valence-corrected chi connectivity index (χ3v) is 4.57. The summed E-state index contributed by atoms with van der Waals surface area (Å²) in [5, 5.41) is 2.76. The first-order valence-corrected chi connectivity index (χ1v) is 6.93. The fourth-order valence-corrected chi connectivity index (χ4v) is 3.12. The predicted molar refractivity (Wildman–Crippen MR) is 69.9 cm³/mol. The molecule has 1 saturated carbocycles. The van der Waals surface area contributed by atoms with Gasteiger partial charge in [0.05, 0.1) is 6.54 Å². The zero-order chi connectivity index (χ0) is 13.5. The molecule has 0 aromatic heterocycles. The van der Waals surface area contributed by atoms with Gasteiger partial charge in [0, 0.05) is 6.04 Å². The Morgan fingerprint density at radius 3 is 2.44 bits per heavy atom. The van der Waals surface area contributed by atoms with E-state index >= 15 is 0 Å². The predicted octanol–water partition coefficient (Wildman–Crippen LogP) is 1.55. The zero-order valence-corrected chi connectivity index (χ0v) is 11.8. The summed E-state index contributed by atoms with van der Waals surface area (Å²) in [6.45, 7) is 8.32. The highest BCUT2D eigenvalue weighted by atomic mass is 16.2. The van der Waals surface area contributed by atoms with Crippen LogP contribution in [0.3, 0.4) is 0 Å². The van der Waals surface area contributed by atoms with Gasteiger partial charge in [0.25, 0.3) is 0 Å². The van der Waals surface area contributed by atoms with Gasteiger partial charge in [-0.05, 0) is 44.9 Å². The first kappa shape index (κ1) is 13.4. The van der Waals surface area contributed by atoms with Gasteiger partial charge in [-0.3, -0.25) is 9.59 Å². The number of hydrogen-bond acceptors (Lipinski definition) is 2. The Balaban J connectivity index is 2.12. The molecule has 2 rings (SSSR count). The summed E-state index contributed by atoms with van der Waals surface area (Å²) in [7, 11) is 0. The second kappa shape index (κ2) is 4.56. The topological polar surface area (TPSA) is 49.4 Å². The molecule has 1 aliphatic heterocycles. The Hall–Kier alpha value is -1.06. The van der Waals surface area contributed by atoms with E-state index in [2.05, 4.69) is 19.2 Å². The molecular weight excluding hydrogens is 228 g/mol. The van der Waals surface area contributed by atoms with Crippen LogP contribution in [0.4, 0.5) is 0 Å². The summed E-state index contributed by atoms with van der Waals surface area (Å²) in [6.07, 6.45) is 3.20. The van der Waals surface area contributed by atoms with E-state index in [0.717, 1.165) is 25.2 Å². The largest absolute Gasteiger partial charge is 0.341 e. The maximum atomic E-state index is 12.4. The van der Waals surface area contributed by atoms with Gasteiger partial charge in [-0.25, -0.2) is 0 Å². The molecule has 0 aromatic rings. The highest BCUT2D eigenvalue weighted by molar-refractivity contribution is 5.97. The maximum absolute atomic E-state index is 12.4. The third kappa shape index (κ3) is 2.38. The number of hydrogen-bond donors (Lipinski definition) is 1. The van der Waals surface area contributed by atoms with Crippen molar-refractivity contribution in [1.29, 1.82) is 0 Å². The van der Waals surface area contributed by atoms with Crippen molar-refractivity contribution in [1.82, 2.24) is 10.2 Å². The van der Waals surface area contributed by atoms with Crippen LogP contribution in [0.25, 0.3) is 0 Å². The van der Waals surface area contributed by atoms with Gasteiger partial charge in [-0.1, -0.05) is 13.8 Å². The van der Waals surface area contributed by atoms with Crippen LogP contribution < -0.4 is 5.32 Å². The maximum Gasteiger partial charge on any atom is 0.248 e. The average Bonchev–Trinajstić information content (AvgIpc) is 2.27. The molecule has 1 saturated heterocycles. The van der Waals surface area contributed by atoms with Crippen LogP contribution in [0.5, 0.6) is 0 Å². The number of piperazine rings is 1. The molecule has 3 atom stereocenters. The molecule has 0 radical (unpaired) electrons. The van der Waals surface area contributed by atoms with E-state index in [4.69, 9.17) is 0 Å². The lowest BCUT2D eigenvalue weighted by molar-refractivity contribution is -0.152. The molecule has 4 heteroatoms. The minimum atomic E-state index is -0.748. The molecule has 3 unspecified atom stereocenters. The van der Waals surface area contributed by atoms with Crippen LogP contribution >= 0.6 is 0 Å². The lowest BCUT2D eigenvalue weighted by Crippen LogP contribution is -2.66. The third-order valence-electron chi connectivity index (χ3n) is 4.57.